The molecule has 3 rings (SSSR count). The number of hydrogen-bond acceptors (Lipinski definition) is 3. The molecule has 90 valence electrons. The molecule has 0 atom stereocenters. The van der Waals surface area contributed by atoms with Crippen LogP contribution in [0.5, 0.6) is 0 Å². The van der Waals surface area contributed by atoms with Gasteiger partial charge in [-0.05, 0) is 24.3 Å². The average molecular weight is 263 g/mol. The summed E-state index contributed by atoms with van der Waals surface area (Å²) in [5.41, 5.74) is 6.91. The molecule has 0 unspecified atom stereocenters. The minimum atomic E-state index is -0.550. The number of halogens is 2. The van der Waals surface area contributed by atoms with Crippen LogP contribution in [0.4, 0.5) is 10.1 Å². The van der Waals surface area contributed by atoms with Gasteiger partial charge in [0.2, 0.25) is 0 Å². The van der Waals surface area contributed by atoms with Gasteiger partial charge in [0.1, 0.15) is 5.82 Å². The van der Waals surface area contributed by atoms with Gasteiger partial charge in [0.05, 0.1) is 22.4 Å². The highest BCUT2D eigenvalue weighted by Gasteiger charge is 2.11. The standard InChI is InChI=1S/C12H8ClFN4/c13-9-5-10(14)11(15)4-8(9)12-16-6-7-2-1-3-18(7)17-12/h1-6H,15H2. The Labute approximate surface area is 107 Å². The summed E-state index contributed by atoms with van der Waals surface area (Å²) < 4.78 is 14.9. The van der Waals surface area contributed by atoms with Crippen LogP contribution in [0, 0.1) is 5.82 Å². The first-order valence-electron chi connectivity index (χ1n) is 5.20. The number of aromatic nitrogens is 3. The largest absolute Gasteiger partial charge is 0.396 e. The minimum absolute atomic E-state index is 0.0191. The highest BCUT2D eigenvalue weighted by atomic mass is 35.5. The van der Waals surface area contributed by atoms with Gasteiger partial charge in [-0.1, -0.05) is 11.6 Å². The number of nitrogen functional groups attached to an aromatic ring is 1. The zero-order valence-corrected chi connectivity index (χ0v) is 9.89. The highest BCUT2D eigenvalue weighted by molar-refractivity contribution is 6.33. The molecular weight excluding hydrogens is 255 g/mol. The smallest absolute Gasteiger partial charge is 0.181 e. The Hall–Kier alpha value is -2.14. The molecule has 2 aromatic heterocycles. The summed E-state index contributed by atoms with van der Waals surface area (Å²) in [5.74, 6) is -0.152. The van der Waals surface area contributed by atoms with Crippen LogP contribution in [0.15, 0.2) is 36.7 Å². The third-order valence-corrected chi connectivity index (χ3v) is 2.92. The Morgan fingerprint density at radius 1 is 1.33 bits per heavy atom. The van der Waals surface area contributed by atoms with E-state index in [4.69, 9.17) is 17.3 Å². The number of fused-ring (bicyclic) bond motifs is 1. The van der Waals surface area contributed by atoms with Crippen molar-refractivity contribution in [1.82, 2.24) is 14.6 Å². The maximum atomic E-state index is 13.2. The molecule has 0 amide bonds. The van der Waals surface area contributed by atoms with Gasteiger partial charge < -0.3 is 5.73 Å². The van der Waals surface area contributed by atoms with Crippen molar-refractivity contribution in [3.05, 3.63) is 47.5 Å². The molecule has 0 aliphatic heterocycles. The van der Waals surface area contributed by atoms with Gasteiger partial charge in [-0.25, -0.2) is 13.9 Å². The predicted molar refractivity (Wildman–Crippen MR) is 67.8 cm³/mol. The fourth-order valence-corrected chi connectivity index (χ4v) is 1.93. The lowest BCUT2D eigenvalue weighted by atomic mass is 10.2. The van der Waals surface area contributed by atoms with Crippen molar-refractivity contribution in [1.29, 1.82) is 0 Å². The second-order valence-electron chi connectivity index (χ2n) is 3.81. The molecule has 0 aliphatic carbocycles. The van der Waals surface area contributed by atoms with E-state index in [-0.39, 0.29) is 10.7 Å². The fourth-order valence-electron chi connectivity index (χ4n) is 1.69. The first-order valence-corrected chi connectivity index (χ1v) is 5.58. The number of rotatable bonds is 1. The van der Waals surface area contributed by atoms with Crippen LogP contribution >= 0.6 is 11.6 Å². The van der Waals surface area contributed by atoms with E-state index < -0.39 is 5.82 Å². The molecule has 0 saturated heterocycles. The Morgan fingerprint density at radius 3 is 3.00 bits per heavy atom. The molecule has 18 heavy (non-hydrogen) atoms. The maximum Gasteiger partial charge on any atom is 0.181 e. The van der Waals surface area contributed by atoms with E-state index in [1.54, 1.807) is 16.9 Å². The first-order chi connectivity index (χ1) is 8.65. The van der Waals surface area contributed by atoms with Crippen LogP contribution in [0.3, 0.4) is 0 Å². The molecule has 2 heterocycles. The van der Waals surface area contributed by atoms with E-state index in [0.717, 1.165) is 11.6 Å². The third kappa shape index (κ3) is 1.69. The van der Waals surface area contributed by atoms with Crippen LogP contribution in [0.1, 0.15) is 0 Å². The summed E-state index contributed by atoms with van der Waals surface area (Å²) in [6.45, 7) is 0. The van der Waals surface area contributed by atoms with Gasteiger partial charge in [-0.3, -0.25) is 0 Å². The molecule has 0 bridgehead atoms. The van der Waals surface area contributed by atoms with Crippen LogP contribution < -0.4 is 5.73 Å². The number of nitrogens with zero attached hydrogens (tertiary/aromatic N) is 3. The lowest BCUT2D eigenvalue weighted by molar-refractivity contribution is 0.632. The summed E-state index contributed by atoms with van der Waals surface area (Å²) in [6, 6.07) is 6.33. The first kappa shape index (κ1) is 11.0. The van der Waals surface area contributed by atoms with Crippen molar-refractivity contribution in [3.63, 3.8) is 0 Å². The van der Waals surface area contributed by atoms with Gasteiger partial charge in [0.25, 0.3) is 0 Å². The fraction of sp³-hybridized carbons (Fsp3) is 0. The quantitative estimate of drug-likeness (QED) is 0.686. The van der Waals surface area contributed by atoms with Crippen molar-refractivity contribution >= 4 is 22.8 Å². The van der Waals surface area contributed by atoms with Gasteiger partial charge in [-0.15, -0.1) is 5.10 Å². The minimum Gasteiger partial charge on any atom is -0.396 e. The van der Waals surface area contributed by atoms with E-state index in [0.29, 0.717) is 11.4 Å². The van der Waals surface area contributed by atoms with Crippen molar-refractivity contribution < 1.29 is 4.39 Å². The van der Waals surface area contributed by atoms with Crippen LogP contribution in [0.2, 0.25) is 5.02 Å². The predicted octanol–water partition coefficient (Wildman–Crippen LogP) is 2.77. The molecule has 0 fully saturated rings. The topological polar surface area (TPSA) is 56.2 Å². The van der Waals surface area contributed by atoms with E-state index in [2.05, 4.69) is 10.1 Å². The summed E-state index contributed by atoms with van der Waals surface area (Å²) in [6.07, 6.45) is 3.46. The molecule has 0 spiro atoms. The molecule has 1 aromatic carbocycles. The third-order valence-electron chi connectivity index (χ3n) is 2.61. The van der Waals surface area contributed by atoms with Gasteiger partial charge in [0, 0.05) is 11.8 Å². The van der Waals surface area contributed by atoms with Gasteiger partial charge >= 0.3 is 0 Å². The zero-order chi connectivity index (χ0) is 12.7. The molecular formula is C12H8ClFN4. The van der Waals surface area contributed by atoms with Crippen LogP contribution in [0.25, 0.3) is 16.9 Å². The van der Waals surface area contributed by atoms with E-state index in [1.807, 2.05) is 12.1 Å². The van der Waals surface area contributed by atoms with Gasteiger partial charge in [0.15, 0.2) is 5.82 Å². The second kappa shape index (κ2) is 3.96. The lowest BCUT2D eigenvalue weighted by Gasteiger charge is -2.05. The Bertz CT molecular complexity index is 738. The van der Waals surface area contributed by atoms with Crippen molar-refractivity contribution in [3.8, 4) is 11.4 Å². The number of anilines is 1. The SMILES string of the molecule is Nc1cc(-c2ncc3cccn3n2)c(Cl)cc1F. The number of benzene rings is 1. The van der Waals surface area contributed by atoms with Crippen LogP contribution in [-0.4, -0.2) is 14.6 Å². The molecule has 0 saturated carbocycles. The Morgan fingerprint density at radius 2 is 2.17 bits per heavy atom. The summed E-state index contributed by atoms with van der Waals surface area (Å²) >= 11 is 5.98. The van der Waals surface area contributed by atoms with E-state index in [9.17, 15) is 4.39 Å². The highest BCUT2D eigenvalue weighted by Crippen LogP contribution is 2.29. The number of nitrogens with two attached hydrogens (primary N) is 1. The number of hydrogen-bond donors (Lipinski definition) is 1. The monoisotopic (exact) mass is 262 g/mol. The molecule has 2 N–H and O–H groups in total. The second-order valence-corrected chi connectivity index (χ2v) is 4.22. The summed E-state index contributed by atoms with van der Waals surface area (Å²) in [4.78, 5) is 4.19. The molecule has 3 aromatic rings. The molecule has 0 aliphatic rings. The maximum absolute atomic E-state index is 13.2. The van der Waals surface area contributed by atoms with Crippen molar-refractivity contribution in [2.24, 2.45) is 0 Å². The Kier molecular flexibility index (Phi) is 2.41. The van der Waals surface area contributed by atoms with E-state index >= 15 is 0 Å². The average Bonchev–Trinajstić information content (AvgIpc) is 2.80. The molecule has 6 heteroatoms. The molecule has 0 radical (unpaired) electrons. The van der Waals surface area contributed by atoms with Crippen LogP contribution in [-0.2, 0) is 0 Å². The lowest BCUT2D eigenvalue weighted by Crippen LogP contribution is -1.98. The van der Waals surface area contributed by atoms with E-state index in [1.165, 1.54) is 6.07 Å². The van der Waals surface area contributed by atoms with Crippen molar-refractivity contribution in [2.45, 2.75) is 0 Å². The van der Waals surface area contributed by atoms with Gasteiger partial charge in [-0.2, -0.15) is 0 Å². The van der Waals surface area contributed by atoms with Crippen molar-refractivity contribution in [2.75, 3.05) is 5.73 Å². The molecule has 4 nitrogen and oxygen atoms in total. The Balaban J connectivity index is 2.21. The zero-order valence-electron chi connectivity index (χ0n) is 9.14. The normalized spacial score (nSPS) is 11.0. The summed E-state index contributed by atoms with van der Waals surface area (Å²) in [7, 11) is 0. The summed E-state index contributed by atoms with van der Waals surface area (Å²) in [5, 5.41) is 4.51.